The summed E-state index contributed by atoms with van der Waals surface area (Å²) in [5.41, 5.74) is 2.34. The monoisotopic (exact) mass is 291 g/mol. The summed E-state index contributed by atoms with van der Waals surface area (Å²) >= 11 is 0. The normalized spacial score (nSPS) is 30.8. The maximum atomic E-state index is 10.7. The molecule has 118 valence electrons. The lowest BCUT2D eigenvalue weighted by atomic mass is 9.85. The maximum Gasteiger partial charge on any atom is 0.0624 e. The molecule has 0 amide bonds. The van der Waals surface area contributed by atoms with Crippen molar-refractivity contribution < 1.29 is 5.11 Å². The summed E-state index contributed by atoms with van der Waals surface area (Å²) in [5, 5.41) is 15.3. The summed E-state index contributed by atoms with van der Waals surface area (Å²) < 4.78 is 2.06. The predicted molar refractivity (Wildman–Crippen MR) is 84.3 cm³/mol. The highest BCUT2D eigenvalue weighted by Gasteiger charge is 2.40. The first-order valence-corrected chi connectivity index (χ1v) is 8.57. The molecule has 2 saturated heterocycles. The van der Waals surface area contributed by atoms with E-state index >= 15 is 0 Å². The minimum absolute atomic E-state index is 0.214. The second-order valence-electron chi connectivity index (χ2n) is 6.85. The Morgan fingerprint density at radius 3 is 2.52 bits per heavy atom. The fourth-order valence-corrected chi connectivity index (χ4v) is 4.27. The molecule has 4 nitrogen and oxygen atoms in total. The molecular weight excluding hydrogens is 262 g/mol. The van der Waals surface area contributed by atoms with E-state index < -0.39 is 0 Å². The summed E-state index contributed by atoms with van der Waals surface area (Å²) in [6.45, 7) is 5.15. The van der Waals surface area contributed by atoms with E-state index in [1.165, 1.54) is 18.5 Å². The molecule has 0 aromatic carbocycles. The molecule has 3 unspecified atom stereocenters. The van der Waals surface area contributed by atoms with Gasteiger partial charge in [0.25, 0.3) is 0 Å². The van der Waals surface area contributed by atoms with Crippen LogP contribution in [0.1, 0.15) is 50.9 Å². The Hall–Kier alpha value is -0.870. The number of fused-ring (bicyclic) bond motifs is 2. The van der Waals surface area contributed by atoms with Gasteiger partial charge >= 0.3 is 0 Å². The number of rotatable bonds is 5. The van der Waals surface area contributed by atoms with Crippen molar-refractivity contribution in [2.45, 2.75) is 77.1 Å². The Morgan fingerprint density at radius 1 is 1.29 bits per heavy atom. The molecule has 0 saturated carbocycles. The van der Waals surface area contributed by atoms with Crippen LogP contribution in [-0.4, -0.2) is 45.0 Å². The van der Waals surface area contributed by atoms with Gasteiger partial charge in [-0.05, 0) is 58.1 Å². The summed E-state index contributed by atoms with van der Waals surface area (Å²) in [7, 11) is 2.25. The van der Waals surface area contributed by atoms with Crippen LogP contribution in [-0.2, 0) is 19.4 Å². The van der Waals surface area contributed by atoms with Crippen molar-refractivity contribution in [2.24, 2.45) is 5.92 Å². The maximum absolute atomic E-state index is 10.7. The molecule has 2 bridgehead atoms. The van der Waals surface area contributed by atoms with Crippen molar-refractivity contribution in [1.82, 2.24) is 14.7 Å². The molecule has 1 aromatic rings. The molecule has 1 aromatic heterocycles. The van der Waals surface area contributed by atoms with Crippen molar-refractivity contribution in [3.8, 4) is 0 Å². The van der Waals surface area contributed by atoms with Gasteiger partial charge in [-0.1, -0.05) is 6.92 Å². The van der Waals surface area contributed by atoms with Gasteiger partial charge in [-0.3, -0.25) is 4.68 Å². The van der Waals surface area contributed by atoms with Crippen LogP contribution in [0.3, 0.4) is 0 Å². The molecule has 0 aliphatic carbocycles. The SMILES string of the molecule is CCc1cc(CC(O)C2CC3CCC(C2)N3C)n(CC)n1. The zero-order valence-corrected chi connectivity index (χ0v) is 13.6. The summed E-state index contributed by atoms with van der Waals surface area (Å²) in [4.78, 5) is 2.54. The van der Waals surface area contributed by atoms with Crippen LogP contribution >= 0.6 is 0 Å². The van der Waals surface area contributed by atoms with Crippen LogP contribution in [0.5, 0.6) is 0 Å². The summed E-state index contributed by atoms with van der Waals surface area (Å²) in [6.07, 6.45) is 6.47. The van der Waals surface area contributed by atoms with Gasteiger partial charge < -0.3 is 10.0 Å². The fraction of sp³-hybridized carbons (Fsp3) is 0.824. The highest BCUT2D eigenvalue weighted by atomic mass is 16.3. The minimum atomic E-state index is -0.214. The summed E-state index contributed by atoms with van der Waals surface area (Å²) in [5.74, 6) is 0.462. The molecule has 2 aliphatic rings. The minimum Gasteiger partial charge on any atom is -0.392 e. The standard InChI is InChI=1S/C17H29N3O/c1-4-13-10-16(20(5-2)18-13)11-17(21)12-8-14-6-7-15(9-12)19(14)3/h10,12,14-15,17,21H,4-9,11H2,1-3H3. The number of aliphatic hydroxyl groups is 1. The average Bonchev–Trinajstić information content (AvgIpc) is 2.94. The molecule has 1 N–H and O–H groups in total. The lowest BCUT2D eigenvalue weighted by Gasteiger charge is -2.38. The van der Waals surface area contributed by atoms with Crippen molar-refractivity contribution in [3.05, 3.63) is 17.5 Å². The molecule has 3 rings (SSSR count). The highest BCUT2D eigenvalue weighted by Crippen LogP contribution is 2.39. The van der Waals surface area contributed by atoms with Crippen LogP contribution in [0.15, 0.2) is 6.07 Å². The smallest absolute Gasteiger partial charge is 0.0624 e. The zero-order chi connectivity index (χ0) is 15.0. The number of aryl methyl sites for hydroxylation is 2. The van der Waals surface area contributed by atoms with Gasteiger partial charge in [-0.15, -0.1) is 0 Å². The van der Waals surface area contributed by atoms with Gasteiger partial charge in [0.05, 0.1) is 11.8 Å². The Morgan fingerprint density at radius 2 is 1.95 bits per heavy atom. The number of nitrogens with zero attached hydrogens (tertiary/aromatic N) is 3. The van der Waals surface area contributed by atoms with E-state index in [-0.39, 0.29) is 6.10 Å². The first-order chi connectivity index (χ1) is 10.1. The molecule has 4 heteroatoms. The van der Waals surface area contributed by atoms with Gasteiger partial charge in [0.2, 0.25) is 0 Å². The molecule has 0 radical (unpaired) electrons. The quantitative estimate of drug-likeness (QED) is 0.904. The van der Waals surface area contributed by atoms with Crippen molar-refractivity contribution >= 4 is 0 Å². The molecule has 2 fully saturated rings. The van der Waals surface area contributed by atoms with E-state index in [0.717, 1.165) is 37.9 Å². The van der Waals surface area contributed by atoms with E-state index in [1.54, 1.807) is 0 Å². The van der Waals surface area contributed by atoms with Crippen molar-refractivity contribution in [2.75, 3.05) is 7.05 Å². The number of aromatic nitrogens is 2. The lowest BCUT2D eigenvalue weighted by molar-refractivity contribution is 0.0357. The van der Waals surface area contributed by atoms with Crippen molar-refractivity contribution in [3.63, 3.8) is 0 Å². The van der Waals surface area contributed by atoms with E-state index in [0.29, 0.717) is 18.0 Å². The Bertz CT molecular complexity index is 470. The van der Waals surface area contributed by atoms with Gasteiger partial charge in [-0.25, -0.2) is 0 Å². The van der Waals surface area contributed by atoms with E-state index in [9.17, 15) is 5.11 Å². The summed E-state index contributed by atoms with van der Waals surface area (Å²) in [6, 6.07) is 3.58. The van der Waals surface area contributed by atoms with Gasteiger partial charge in [0.1, 0.15) is 0 Å². The van der Waals surface area contributed by atoms with Crippen LogP contribution in [0.4, 0.5) is 0 Å². The molecule has 3 atom stereocenters. The second kappa shape index (κ2) is 6.09. The predicted octanol–water partition coefficient (Wildman–Crippen LogP) is 2.24. The second-order valence-corrected chi connectivity index (χ2v) is 6.85. The molecule has 3 heterocycles. The van der Waals surface area contributed by atoms with Crippen LogP contribution in [0, 0.1) is 5.92 Å². The number of aliphatic hydroxyl groups excluding tert-OH is 1. The number of hydrogen-bond donors (Lipinski definition) is 1. The molecule has 21 heavy (non-hydrogen) atoms. The van der Waals surface area contributed by atoms with E-state index in [4.69, 9.17) is 0 Å². The highest BCUT2D eigenvalue weighted by molar-refractivity contribution is 5.12. The molecular formula is C17H29N3O. The van der Waals surface area contributed by atoms with Crippen LogP contribution in [0.25, 0.3) is 0 Å². The van der Waals surface area contributed by atoms with Crippen LogP contribution in [0.2, 0.25) is 0 Å². The zero-order valence-electron chi connectivity index (χ0n) is 13.6. The van der Waals surface area contributed by atoms with Gasteiger partial charge in [-0.2, -0.15) is 5.10 Å². The van der Waals surface area contributed by atoms with Gasteiger partial charge in [0, 0.05) is 30.7 Å². The van der Waals surface area contributed by atoms with Gasteiger partial charge in [0.15, 0.2) is 0 Å². The lowest BCUT2D eigenvalue weighted by Crippen LogP contribution is -2.43. The molecule has 0 spiro atoms. The topological polar surface area (TPSA) is 41.3 Å². The molecule has 2 aliphatic heterocycles. The Balaban J connectivity index is 1.66. The Labute approximate surface area is 128 Å². The average molecular weight is 291 g/mol. The third-order valence-electron chi connectivity index (χ3n) is 5.67. The number of piperidine rings is 1. The first-order valence-electron chi connectivity index (χ1n) is 8.57. The fourth-order valence-electron chi connectivity index (χ4n) is 4.27. The van der Waals surface area contributed by atoms with Crippen LogP contribution < -0.4 is 0 Å². The third kappa shape index (κ3) is 2.88. The first kappa shape index (κ1) is 15.0. The van der Waals surface area contributed by atoms with Crippen molar-refractivity contribution in [1.29, 1.82) is 0 Å². The Kier molecular flexibility index (Phi) is 4.36. The largest absolute Gasteiger partial charge is 0.392 e. The van der Waals surface area contributed by atoms with E-state index in [2.05, 4.69) is 41.6 Å². The van der Waals surface area contributed by atoms with E-state index in [1.807, 2.05) is 0 Å². The third-order valence-corrected chi connectivity index (χ3v) is 5.67. The number of hydrogen-bond acceptors (Lipinski definition) is 3.